The summed E-state index contributed by atoms with van der Waals surface area (Å²) in [5.74, 6) is -7.03. The van der Waals surface area contributed by atoms with Crippen molar-refractivity contribution in [3.8, 4) is 0 Å². The van der Waals surface area contributed by atoms with Gasteiger partial charge in [-0.15, -0.1) is 0 Å². The van der Waals surface area contributed by atoms with Crippen molar-refractivity contribution in [3.05, 3.63) is 72.3 Å². The molecule has 3 saturated heterocycles. The fraction of sp³-hybridized carbons (Fsp3) is 0.259. The monoisotopic (exact) mass is 499 g/mol. The number of imide groups is 2. The number of carbonyl (C=O) groups is 6. The Hall–Kier alpha value is -4.60. The lowest BCUT2D eigenvalue weighted by Gasteiger charge is -2.49. The van der Waals surface area contributed by atoms with E-state index < -0.39 is 65.3 Å². The topological polar surface area (TPSA) is 121 Å². The van der Waals surface area contributed by atoms with Gasteiger partial charge in [0.15, 0.2) is 0 Å². The van der Waals surface area contributed by atoms with Crippen molar-refractivity contribution in [2.45, 2.75) is 18.5 Å². The molecule has 1 aliphatic carbocycles. The van der Waals surface area contributed by atoms with E-state index in [1.54, 1.807) is 60.7 Å². The van der Waals surface area contributed by atoms with Gasteiger partial charge in [-0.2, -0.15) is 0 Å². The quantitative estimate of drug-likeness (QED) is 0.456. The summed E-state index contributed by atoms with van der Waals surface area (Å²) in [5, 5.41) is 0. The number of anilines is 2. The van der Waals surface area contributed by atoms with Gasteiger partial charge in [-0.05, 0) is 30.3 Å². The van der Waals surface area contributed by atoms with Crippen molar-refractivity contribution < 1.29 is 33.5 Å². The summed E-state index contributed by atoms with van der Waals surface area (Å²) in [6, 6.07) is 14.5. The molecule has 0 N–H and O–H groups in total. The smallest absolute Gasteiger partial charge is 0.334 e. The second-order valence-corrected chi connectivity index (χ2v) is 9.35. The molecule has 2 aromatic rings. The number of amides is 5. The molecule has 37 heavy (non-hydrogen) atoms. The number of benzene rings is 2. The van der Waals surface area contributed by atoms with E-state index in [0.29, 0.717) is 11.4 Å². The molecule has 0 spiro atoms. The van der Waals surface area contributed by atoms with Crippen molar-refractivity contribution in [2.75, 3.05) is 16.9 Å². The molecule has 5 atom stereocenters. The minimum absolute atomic E-state index is 0.0113. The molecule has 7 rings (SSSR count). The summed E-state index contributed by atoms with van der Waals surface area (Å²) in [7, 11) is 1.17. The Kier molecular flexibility index (Phi) is 5.08. The third-order valence-corrected chi connectivity index (χ3v) is 7.56. The zero-order chi connectivity index (χ0) is 26.0. The number of rotatable bonds is 4. The molecular formula is C27H21N3O7. The van der Waals surface area contributed by atoms with Gasteiger partial charge in [0.1, 0.15) is 6.04 Å². The number of hydrogen-bond acceptors (Lipinski definition) is 7. The molecule has 2 aromatic carbocycles. The molecule has 2 bridgehead atoms. The summed E-state index contributed by atoms with van der Waals surface area (Å²) >= 11 is 0. The maximum absolute atomic E-state index is 13.9. The van der Waals surface area contributed by atoms with Crippen molar-refractivity contribution in [2.24, 2.45) is 17.8 Å². The minimum Gasteiger partial charge on any atom is -0.466 e. The molecule has 5 aliphatic rings. The molecule has 0 aromatic heterocycles. The van der Waals surface area contributed by atoms with Gasteiger partial charge in [-0.3, -0.25) is 24.0 Å². The Morgan fingerprint density at radius 3 is 1.92 bits per heavy atom. The van der Waals surface area contributed by atoms with Crippen LogP contribution in [0.1, 0.15) is 6.42 Å². The Balaban J connectivity index is 1.43. The fourth-order valence-electron chi connectivity index (χ4n) is 6.04. The highest BCUT2D eigenvalue weighted by atomic mass is 16.5. The molecule has 4 aliphatic heterocycles. The van der Waals surface area contributed by atoms with Crippen LogP contribution in [0, 0.1) is 17.8 Å². The van der Waals surface area contributed by atoms with Crippen molar-refractivity contribution in [3.63, 3.8) is 0 Å². The van der Waals surface area contributed by atoms with Gasteiger partial charge < -0.3 is 9.64 Å². The Bertz CT molecular complexity index is 1400. The van der Waals surface area contributed by atoms with Crippen LogP contribution in [0.5, 0.6) is 0 Å². The second kappa shape index (κ2) is 8.22. The molecule has 5 amide bonds. The summed E-state index contributed by atoms with van der Waals surface area (Å²) in [6.45, 7) is 0. The predicted octanol–water partition coefficient (Wildman–Crippen LogP) is 1.06. The van der Waals surface area contributed by atoms with Crippen molar-refractivity contribution in [1.29, 1.82) is 0 Å². The maximum Gasteiger partial charge on any atom is 0.334 e. The average Bonchev–Trinajstić information content (AvgIpc) is 3.36. The first-order valence-electron chi connectivity index (χ1n) is 11.8. The van der Waals surface area contributed by atoms with E-state index in [2.05, 4.69) is 0 Å². The molecular weight excluding hydrogens is 478 g/mol. The van der Waals surface area contributed by atoms with Crippen molar-refractivity contribution >= 4 is 46.9 Å². The highest BCUT2D eigenvalue weighted by Gasteiger charge is 2.67. The Labute approximate surface area is 211 Å². The van der Waals surface area contributed by atoms with Gasteiger partial charge in [0.05, 0.1) is 48.7 Å². The first-order chi connectivity index (χ1) is 17.8. The molecule has 4 heterocycles. The van der Waals surface area contributed by atoms with Gasteiger partial charge in [0.25, 0.3) is 5.91 Å². The number of ether oxygens (including phenoxy) is 1. The minimum atomic E-state index is -1.30. The van der Waals surface area contributed by atoms with Crippen LogP contribution >= 0.6 is 0 Å². The van der Waals surface area contributed by atoms with Gasteiger partial charge in [0, 0.05) is 5.57 Å². The van der Waals surface area contributed by atoms with E-state index in [1.807, 2.05) is 0 Å². The molecule has 0 radical (unpaired) electrons. The summed E-state index contributed by atoms with van der Waals surface area (Å²) in [5.41, 5.74) is 0.718. The third kappa shape index (κ3) is 3.11. The van der Waals surface area contributed by atoms with Crippen LogP contribution in [0.3, 0.4) is 0 Å². The van der Waals surface area contributed by atoms with Crippen LogP contribution in [0.15, 0.2) is 72.3 Å². The van der Waals surface area contributed by atoms with Gasteiger partial charge in [-0.1, -0.05) is 36.4 Å². The number of para-hydroxylation sites is 2. The number of fused-ring (bicyclic) bond motifs is 1. The average molecular weight is 499 g/mol. The first kappa shape index (κ1) is 22.8. The number of nitrogens with zero attached hydrogens (tertiary/aromatic N) is 3. The normalized spacial score (nSPS) is 28.7. The van der Waals surface area contributed by atoms with Crippen LogP contribution in [0.25, 0.3) is 0 Å². The fourth-order valence-corrected chi connectivity index (χ4v) is 6.04. The van der Waals surface area contributed by atoms with Crippen LogP contribution in [-0.4, -0.2) is 59.6 Å². The SMILES string of the molecule is COC(=O)C1=C[C@H]2[C@H]3C(=O)N(c4ccccc4)C(=O)[C@H]3[C@@H]1C(=O)N2C1CC(=O)N(c2ccccc2)C1=O. The second-order valence-electron chi connectivity index (χ2n) is 9.35. The summed E-state index contributed by atoms with van der Waals surface area (Å²) in [6.07, 6.45) is 1.17. The molecule has 10 heteroatoms. The number of methoxy groups -OCH3 is 1. The number of esters is 1. The lowest BCUT2D eigenvalue weighted by Crippen LogP contribution is -2.65. The Morgan fingerprint density at radius 2 is 1.32 bits per heavy atom. The van der Waals surface area contributed by atoms with Gasteiger partial charge >= 0.3 is 5.97 Å². The van der Waals surface area contributed by atoms with E-state index in [-0.39, 0.29) is 12.0 Å². The van der Waals surface area contributed by atoms with Crippen LogP contribution < -0.4 is 9.80 Å². The molecule has 1 unspecified atom stereocenters. The predicted molar refractivity (Wildman–Crippen MR) is 127 cm³/mol. The highest BCUT2D eigenvalue weighted by molar-refractivity contribution is 6.26. The maximum atomic E-state index is 13.9. The van der Waals surface area contributed by atoms with Gasteiger partial charge in [-0.25, -0.2) is 14.6 Å². The van der Waals surface area contributed by atoms with Gasteiger partial charge in [0.2, 0.25) is 23.6 Å². The standard InChI is InChI=1S/C27H21N3O7/c1-37-27(36)16-12-17-21-22(26(35)29(25(21)34)15-10-6-3-7-11-15)20(16)24(33)30(17)18-13-19(31)28(23(18)32)14-8-4-2-5-9-14/h2-12,17-18,20-22H,13H2,1H3/t17-,18?,20+,21+,22-/m0/s1. The largest absolute Gasteiger partial charge is 0.466 e. The number of carbonyl (C=O) groups excluding carboxylic acids is 6. The molecule has 3 fully saturated rings. The zero-order valence-electron chi connectivity index (χ0n) is 19.6. The molecule has 186 valence electrons. The lowest BCUT2D eigenvalue weighted by molar-refractivity contribution is -0.159. The Morgan fingerprint density at radius 1 is 0.757 bits per heavy atom. The van der Waals surface area contributed by atoms with E-state index >= 15 is 0 Å². The lowest BCUT2D eigenvalue weighted by atomic mass is 9.65. The molecule has 10 nitrogen and oxygen atoms in total. The highest BCUT2D eigenvalue weighted by Crippen LogP contribution is 2.51. The van der Waals surface area contributed by atoms with Crippen LogP contribution in [0.2, 0.25) is 0 Å². The van der Waals surface area contributed by atoms with Crippen LogP contribution in [0.4, 0.5) is 11.4 Å². The van der Waals surface area contributed by atoms with E-state index in [4.69, 9.17) is 4.74 Å². The number of piperidine rings is 1. The number of hydrogen-bond donors (Lipinski definition) is 0. The summed E-state index contributed by atoms with van der Waals surface area (Å²) < 4.78 is 4.87. The van der Waals surface area contributed by atoms with E-state index in [0.717, 1.165) is 9.80 Å². The third-order valence-electron chi connectivity index (χ3n) is 7.56. The molecule has 0 saturated carbocycles. The van der Waals surface area contributed by atoms with Crippen LogP contribution in [-0.2, 0) is 33.5 Å². The zero-order valence-corrected chi connectivity index (χ0v) is 19.6. The van der Waals surface area contributed by atoms with Crippen molar-refractivity contribution in [1.82, 2.24) is 4.90 Å². The van der Waals surface area contributed by atoms with E-state index in [9.17, 15) is 28.8 Å². The first-order valence-corrected chi connectivity index (χ1v) is 11.8. The van der Waals surface area contributed by atoms with E-state index in [1.165, 1.54) is 18.1 Å². The summed E-state index contributed by atoms with van der Waals surface area (Å²) in [4.78, 5) is 83.3.